The minimum atomic E-state index is -5.08. The first-order valence-corrected chi connectivity index (χ1v) is 14.5. The summed E-state index contributed by atoms with van der Waals surface area (Å²) in [5.74, 6) is -4.62. The van der Waals surface area contributed by atoms with Crippen molar-refractivity contribution in [3.05, 3.63) is 84.6 Å². The Hall–Kier alpha value is -5.47. The zero-order valence-electron chi connectivity index (χ0n) is 25.2. The Kier molecular flexibility index (Phi) is 15.4. The number of nitrogens with two attached hydrogens (primary N) is 1. The molecule has 0 saturated carbocycles. The molecule has 7 N–H and O–H groups in total. The standard InChI is InChI=1S/C30H35N5O5.C2HF3O2/c31-26(36)17-16-24(34-28(37)11-5-7-19-33-27-10-4-6-18-32-27)30(40)35-25(20-29(38)39)23-14-12-22(13-15-23)21-8-2-1-3-9-21;3-2(4,5)1(6)7/h1-4,6,8-10,12-15,18,24-25H,5,7,11,16-17,19-20H2,(H2,31,36)(H,32,33)(H,34,37)(H,35,40)(H,38,39);(H,6,7)/t24-,25?;/m1./s1. The van der Waals surface area contributed by atoms with E-state index in [0.717, 1.165) is 16.9 Å². The number of anilines is 1. The summed E-state index contributed by atoms with van der Waals surface area (Å²) in [6.07, 6.45) is -2.39. The van der Waals surface area contributed by atoms with Gasteiger partial charge in [0.1, 0.15) is 11.9 Å². The molecule has 15 heteroatoms. The van der Waals surface area contributed by atoms with E-state index in [9.17, 15) is 37.5 Å². The molecule has 0 saturated heterocycles. The van der Waals surface area contributed by atoms with Crippen LogP contribution in [0, 0.1) is 0 Å². The van der Waals surface area contributed by atoms with Gasteiger partial charge in [0, 0.05) is 25.6 Å². The third kappa shape index (κ3) is 14.9. The molecule has 0 aliphatic carbocycles. The van der Waals surface area contributed by atoms with Crippen LogP contribution in [0.3, 0.4) is 0 Å². The van der Waals surface area contributed by atoms with E-state index in [2.05, 4.69) is 20.9 Å². The molecule has 3 aromatic rings. The van der Waals surface area contributed by atoms with Crippen LogP contribution in [0.4, 0.5) is 19.0 Å². The van der Waals surface area contributed by atoms with E-state index in [-0.39, 0.29) is 31.6 Å². The quantitative estimate of drug-likeness (QED) is 0.123. The van der Waals surface area contributed by atoms with Crippen molar-refractivity contribution >= 4 is 35.5 Å². The molecule has 2 aromatic carbocycles. The first kappa shape index (κ1) is 37.7. The fourth-order valence-electron chi connectivity index (χ4n) is 4.15. The number of primary amides is 1. The third-order valence-corrected chi connectivity index (χ3v) is 6.49. The smallest absolute Gasteiger partial charge is 0.481 e. The van der Waals surface area contributed by atoms with Crippen molar-refractivity contribution in [2.24, 2.45) is 5.73 Å². The molecular weight excluding hydrogens is 623 g/mol. The Labute approximate surface area is 268 Å². The second-order valence-electron chi connectivity index (χ2n) is 10.2. The molecule has 1 heterocycles. The van der Waals surface area contributed by atoms with Crippen LogP contribution in [0.2, 0.25) is 0 Å². The Morgan fingerprint density at radius 3 is 1.98 bits per heavy atom. The molecule has 0 aliphatic heterocycles. The van der Waals surface area contributed by atoms with Crippen LogP contribution in [-0.2, 0) is 24.0 Å². The number of aromatic nitrogens is 1. The summed E-state index contributed by atoms with van der Waals surface area (Å²) in [6, 6.07) is 20.7. The SMILES string of the molecule is NC(=O)CC[C@@H](NC(=O)CCCCNc1ccccn1)C(=O)NC(CC(=O)O)c1ccc(-c2ccccc2)cc1.O=C(O)C(F)(F)F. The Morgan fingerprint density at radius 2 is 1.43 bits per heavy atom. The summed E-state index contributed by atoms with van der Waals surface area (Å²) in [7, 11) is 0. The van der Waals surface area contributed by atoms with Gasteiger partial charge in [0.25, 0.3) is 0 Å². The van der Waals surface area contributed by atoms with Crippen molar-refractivity contribution in [3.63, 3.8) is 0 Å². The zero-order chi connectivity index (χ0) is 34.8. The number of carbonyl (C=O) groups excluding carboxylic acids is 3. The second-order valence-corrected chi connectivity index (χ2v) is 10.2. The van der Waals surface area contributed by atoms with Gasteiger partial charge in [-0.3, -0.25) is 19.2 Å². The number of carboxylic acid groups (broad SMARTS) is 2. The highest BCUT2D eigenvalue weighted by molar-refractivity contribution is 5.88. The number of benzene rings is 2. The van der Waals surface area contributed by atoms with E-state index >= 15 is 0 Å². The van der Waals surface area contributed by atoms with E-state index in [4.69, 9.17) is 15.6 Å². The van der Waals surface area contributed by atoms with Gasteiger partial charge < -0.3 is 31.9 Å². The number of hydrogen-bond donors (Lipinski definition) is 6. The van der Waals surface area contributed by atoms with E-state index < -0.39 is 42.0 Å². The van der Waals surface area contributed by atoms with Crippen LogP contribution in [-0.4, -0.2) is 63.6 Å². The van der Waals surface area contributed by atoms with Crippen molar-refractivity contribution in [2.45, 2.75) is 56.8 Å². The number of carboxylic acids is 2. The predicted molar refractivity (Wildman–Crippen MR) is 166 cm³/mol. The largest absolute Gasteiger partial charge is 0.490 e. The Bertz CT molecular complexity index is 1460. The van der Waals surface area contributed by atoms with Crippen LogP contribution in [0.25, 0.3) is 11.1 Å². The Balaban J connectivity index is 0.000000984. The van der Waals surface area contributed by atoms with Crippen LogP contribution in [0.5, 0.6) is 0 Å². The van der Waals surface area contributed by atoms with Crippen LogP contribution < -0.4 is 21.7 Å². The van der Waals surface area contributed by atoms with E-state index in [1.165, 1.54) is 0 Å². The van der Waals surface area contributed by atoms with Crippen molar-refractivity contribution in [2.75, 3.05) is 11.9 Å². The first-order chi connectivity index (χ1) is 22.3. The van der Waals surface area contributed by atoms with Crippen molar-refractivity contribution < 1.29 is 47.4 Å². The first-order valence-electron chi connectivity index (χ1n) is 14.5. The summed E-state index contributed by atoms with van der Waals surface area (Å²) < 4.78 is 31.7. The lowest BCUT2D eigenvalue weighted by atomic mass is 9.98. The molecule has 12 nitrogen and oxygen atoms in total. The fraction of sp³-hybridized carbons (Fsp3) is 0.312. The average Bonchev–Trinajstić information content (AvgIpc) is 3.03. The average molecular weight is 660 g/mol. The molecule has 3 amide bonds. The second kappa shape index (κ2) is 19.1. The fourth-order valence-corrected chi connectivity index (χ4v) is 4.15. The summed E-state index contributed by atoms with van der Waals surface area (Å²) in [4.78, 5) is 61.9. The molecule has 2 atom stereocenters. The lowest BCUT2D eigenvalue weighted by Gasteiger charge is -2.23. The summed E-state index contributed by atoms with van der Waals surface area (Å²) in [5.41, 5.74) is 7.85. The third-order valence-electron chi connectivity index (χ3n) is 6.49. The van der Waals surface area contributed by atoms with Crippen molar-refractivity contribution in [1.29, 1.82) is 0 Å². The van der Waals surface area contributed by atoms with Gasteiger partial charge in [-0.2, -0.15) is 13.2 Å². The van der Waals surface area contributed by atoms with Gasteiger partial charge in [-0.15, -0.1) is 0 Å². The van der Waals surface area contributed by atoms with E-state index in [0.29, 0.717) is 24.9 Å². The highest BCUT2D eigenvalue weighted by atomic mass is 19.4. The number of rotatable bonds is 16. The maximum atomic E-state index is 13.2. The van der Waals surface area contributed by atoms with Gasteiger partial charge in [0.2, 0.25) is 17.7 Å². The Morgan fingerprint density at radius 1 is 0.809 bits per heavy atom. The number of unbranched alkanes of at least 4 members (excludes halogenated alkanes) is 1. The number of aliphatic carboxylic acids is 2. The number of hydrogen-bond acceptors (Lipinski definition) is 7. The van der Waals surface area contributed by atoms with E-state index in [1.807, 2.05) is 60.7 Å². The number of halogens is 3. The maximum Gasteiger partial charge on any atom is 0.490 e. The van der Waals surface area contributed by atoms with Crippen molar-refractivity contribution in [3.8, 4) is 11.1 Å². The maximum absolute atomic E-state index is 13.2. The minimum absolute atomic E-state index is 0.000868. The molecule has 0 aliphatic rings. The summed E-state index contributed by atoms with van der Waals surface area (Å²) in [6.45, 7) is 0.635. The van der Waals surface area contributed by atoms with Gasteiger partial charge in [-0.05, 0) is 48.1 Å². The zero-order valence-corrected chi connectivity index (χ0v) is 25.2. The van der Waals surface area contributed by atoms with Gasteiger partial charge in [0.05, 0.1) is 12.5 Å². The number of pyridine rings is 1. The number of nitrogens with one attached hydrogen (secondary N) is 3. The molecule has 1 unspecified atom stereocenters. The minimum Gasteiger partial charge on any atom is -0.481 e. The van der Waals surface area contributed by atoms with Crippen molar-refractivity contribution in [1.82, 2.24) is 15.6 Å². The van der Waals surface area contributed by atoms with Gasteiger partial charge in [0.15, 0.2) is 0 Å². The van der Waals surface area contributed by atoms with Crippen LogP contribution in [0.15, 0.2) is 79.0 Å². The van der Waals surface area contributed by atoms with Crippen LogP contribution in [0.1, 0.15) is 50.1 Å². The molecule has 47 heavy (non-hydrogen) atoms. The van der Waals surface area contributed by atoms with E-state index in [1.54, 1.807) is 18.3 Å². The highest BCUT2D eigenvalue weighted by Crippen LogP contribution is 2.24. The monoisotopic (exact) mass is 659 g/mol. The summed E-state index contributed by atoms with van der Waals surface area (Å²) in [5, 5.41) is 25.2. The number of carbonyl (C=O) groups is 5. The topological polar surface area (TPSA) is 201 Å². The number of alkyl halides is 3. The van der Waals surface area contributed by atoms with Gasteiger partial charge >= 0.3 is 18.1 Å². The predicted octanol–water partition coefficient (Wildman–Crippen LogP) is 4.05. The molecule has 0 bridgehead atoms. The molecule has 0 spiro atoms. The lowest BCUT2D eigenvalue weighted by molar-refractivity contribution is -0.192. The molecule has 0 radical (unpaired) electrons. The summed E-state index contributed by atoms with van der Waals surface area (Å²) >= 11 is 0. The molecule has 1 aromatic heterocycles. The van der Waals surface area contributed by atoms with Crippen LogP contribution >= 0.6 is 0 Å². The normalized spacial score (nSPS) is 12.0. The molecule has 3 rings (SSSR count). The number of nitrogens with zero attached hydrogens (tertiary/aromatic N) is 1. The lowest BCUT2D eigenvalue weighted by Crippen LogP contribution is -2.48. The molecule has 252 valence electrons. The van der Waals surface area contributed by atoms with Gasteiger partial charge in [-0.25, -0.2) is 9.78 Å². The molecule has 0 fully saturated rings. The number of amides is 3. The highest BCUT2D eigenvalue weighted by Gasteiger charge is 2.38. The van der Waals surface area contributed by atoms with Gasteiger partial charge in [-0.1, -0.05) is 60.7 Å². The molecular formula is C32H36F3N5O7.